The first-order valence-corrected chi connectivity index (χ1v) is 10.8. The molecule has 1 saturated carbocycles. The Morgan fingerprint density at radius 1 is 1.25 bits per heavy atom. The molecule has 0 N–H and O–H groups in total. The summed E-state index contributed by atoms with van der Waals surface area (Å²) in [5.41, 5.74) is 4.52. The summed E-state index contributed by atoms with van der Waals surface area (Å²) in [6, 6.07) is 0. The molecule has 5 nitrogen and oxygen atoms in total. The molecule has 5 rings (SSSR count). The van der Waals surface area contributed by atoms with Gasteiger partial charge in [-0.25, -0.2) is 0 Å². The van der Waals surface area contributed by atoms with Gasteiger partial charge in [0.05, 0.1) is 12.3 Å². The van der Waals surface area contributed by atoms with E-state index in [1.807, 2.05) is 13.0 Å². The summed E-state index contributed by atoms with van der Waals surface area (Å²) in [6.07, 6.45) is 6.87. The Kier molecular flexibility index (Phi) is 4.16. The number of nitrogens with zero attached hydrogens (tertiary/aromatic N) is 4. The number of fused-ring (bicyclic) bond motifs is 4. The number of hydrogen-bond donors (Lipinski definition) is 0. The van der Waals surface area contributed by atoms with Crippen LogP contribution in [0.1, 0.15) is 46.9 Å². The molecule has 0 amide bonds. The highest BCUT2D eigenvalue weighted by molar-refractivity contribution is 7.15. The quantitative estimate of drug-likeness (QED) is 0.727. The lowest BCUT2D eigenvalue weighted by molar-refractivity contribution is 0.177. The maximum absolute atomic E-state index is 6.24. The fourth-order valence-electron chi connectivity index (χ4n) is 4.40. The van der Waals surface area contributed by atoms with Crippen molar-refractivity contribution in [1.29, 1.82) is 0 Å². The maximum Gasteiger partial charge on any atom is 0.166 e. The number of ether oxygens (including phenoxy) is 1. The van der Waals surface area contributed by atoms with Gasteiger partial charge in [-0.3, -0.25) is 9.56 Å². The Bertz CT molecular complexity index is 1080. The highest BCUT2D eigenvalue weighted by atomic mass is 35.5. The van der Waals surface area contributed by atoms with Crippen LogP contribution in [0.3, 0.4) is 0 Å². The van der Waals surface area contributed by atoms with E-state index in [1.54, 1.807) is 18.4 Å². The van der Waals surface area contributed by atoms with E-state index in [9.17, 15) is 0 Å². The number of aryl methyl sites for hydroxylation is 2. The van der Waals surface area contributed by atoms with Gasteiger partial charge in [0.1, 0.15) is 16.4 Å². The minimum Gasteiger partial charge on any atom is -0.384 e. The van der Waals surface area contributed by atoms with Crippen LogP contribution in [0, 0.1) is 26.7 Å². The zero-order chi connectivity index (χ0) is 19.6. The molecule has 0 saturated heterocycles. The lowest BCUT2D eigenvalue weighted by Gasteiger charge is -2.16. The van der Waals surface area contributed by atoms with Crippen molar-refractivity contribution in [2.45, 2.75) is 45.6 Å². The van der Waals surface area contributed by atoms with Crippen LogP contribution in [0.5, 0.6) is 0 Å². The molecule has 2 aromatic heterocycles. The van der Waals surface area contributed by atoms with Crippen molar-refractivity contribution in [2.24, 2.45) is 10.9 Å². The second kappa shape index (κ2) is 6.37. The summed E-state index contributed by atoms with van der Waals surface area (Å²) in [6.45, 7) is 7.08. The highest BCUT2D eigenvalue weighted by Gasteiger charge is 2.60. The molecule has 1 spiro atoms. The Balaban J connectivity index is 1.79. The molecule has 1 aliphatic heterocycles. The second-order valence-electron chi connectivity index (χ2n) is 7.92. The van der Waals surface area contributed by atoms with Crippen molar-refractivity contribution in [3.8, 4) is 5.00 Å². The van der Waals surface area contributed by atoms with Gasteiger partial charge in [-0.05, 0) is 57.2 Å². The monoisotopic (exact) mass is 414 g/mol. The molecule has 28 heavy (non-hydrogen) atoms. The number of halogens is 1. The van der Waals surface area contributed by atoms with Crippen LogP contribution >= 0.6 is 22.9 Å². The lowest BCUT2D eigenvalue weighted by atomic mass is 9.93. The van der Waals surface area contributed by atoms with Crippen molar-refractivity contribution in [3.63, 3.8) is 0 Å². The summed E-state index contributed by atoms with van der Waals surface area (Å²) in [5, 5.41) is 11.1. The molecule has 0 radical (unpaired) electrons. The Hall–Kier alpha value is -1.76. The van der Waals surface area contributed by atoms with Gasteiger partial charge in [-0.2, -0.15) is 0 Å². The summed E-state index contributed by atoms with van der Waals surface area (Å²) in [7, 11) is 1.75. The highest BCUT2D eigenvalue weighted by Crippen LogP contribution is 2.58. The van der Waals surface area contributed by atoms with E-state index in [0.717, 1.165) is 41.7 Å². The number of aromatic nitrogens is 3. The van der Waals surface area contributed by atoms with E-state index in [2.05, 4.69) is 34.7 Å². The number of aliphatic imine (C=N–C) groups is 1. The maximum atomic E-state index is 6.24. The zero-order valence-corrected chi connectivity index (χ0v) is 18.1. The molecule has 2 aliphatic carbocycles. The molecule has 2 atom stereocenters. The van der Waals surface area contributed by atoms with E-state index in [1.165, 1.54) is 26.6 Å². The average molecular weight is 415 g/mol. The number of thiophene rings is 1. The second-order valence-corrected chi connectivity index (χ2v) is 9.60. The molecule has 2 aromatic rings. The van der Waals surface area contributed by atoms with Crippen LogP contribution in [0.25, 0.3) is 5.00 Å². The fraction of sp³-hybridized carbons (Fsp3) is 0.476. The number of methoxy groups -OCH3 is 1. The minimum atomic E-state index is -0.350. The van der Waals surface area contributed by atoms with Gasteiger partial charge in [0, 0.05) is 28.5 Å². The van der Waals surface area contributed by atoms with Gasteiger partial charge in [0.15, 0.2) is 5.82 Å². The molecule has 1 fully saturated rings. The first-order valence-electron chi connectivity index (χ1n) is 9.64. The largest absolute Gasteiger partial charge is 0.384 e. The molecule has 146 valence electrons. The predicted octanol–water partition coefficient (Wildman–Crippen LogP) is 4.76. The van der Waals surface area contributed by atoms with Crippen LogP contribution in [0.4, 0.5) is 0 Å². The van der Waals surface area contributed by atoms with Crippen molar-refractivity contribution in [3.05, 3.63) is 50.4 Å². The van der Waals surface area contributed by atoms with Gasteiger partial charge in [-0.15, -0.1) is 21.5 Å². The SMILES string of the molecule is COC[C@@H]1C[C@]12N=C(C1=CC=C(Cl)CC1)c1c(sc(C)c1C)-n1c(C)nnc12. The van der Waals surface area contributed by atoms with Gasteiger partial charge >= 0.3 is 0 Å². The standard InChI is InChI=1S/C21H23ClN4OS/c1-11-12(2)28-19-17(11)18(14-5-7-16(22)8-6-14)23-21(9-15(21)10-27-4)20-25-24-13(3)26(19)20/h5,7,15H,6,8-10H2,1-4H3/t15-,21-/m0/s1. The first kappa shape index (κ1) is 18.3. The van der Waals surface area contributed by atoms with Crippen molar-refractivity contribution >= 4 is 28.6 Å². The van der Waals surface area contributed by atoms with Crippen LogP contribution in [-0.2, 0) is 10.3 Å². The van der Waals surface area contributed by atoms with E-state index < -0.39 is 0 Å². The summed E-state index contributed by atoms with van der Waals surface area (Å²) >= 11 is 8.04. The molecular formula is C21H23ClN4OS. The van der Waals surface area contributed by atoms with Crippen LogP contribution < -0.4 is 0 Å². The Labute approximate surface area is 173 Å². The molecule has 0 aromatic carbocycles. The van der Waals surface area contributed by atoms with E-state index in [0.29, 0.717) is 12.5 Å². The third-order valence-electron chi connectivity index (χ3n) is 6.17. The number of hydrogen-bond acceptors (Lipinski definition) is 5. The molecule has 3 heterocycles. The van der Waals surface area contributed by atoms with Gasteiger partial charge in [-0.1, -0.05) is 17.7 Å². The zero-order valence-electron chi connectivity index (χ0n) is 16.5. The predicted molar refractivity (Wildman–Crippen MR) is 113 cm³/mol. The normalized spacial score (nSPS) is 25.6. The summed E-state index contributed by atoms with van der Waals surface area (Å²) in [4.78, 5) is 6.72. The average Bonchev–Trinajstić information content (AvgIpc) is 3.12. The summed E-state index contributed by atoms with van der Waals surface area (Å²) < 4.78 is 7.72. The van der Waals surface area contributed by atoms with Crippen LogP contribution in [-0.4, -0.2) is 34.2 Å². The number of rotatable bonds is 3. The van der Waals surface area contributed by atoms with Crippen molar-refractivity contribution < 1.29 is 4.74 Å². The minimum absolute atomic E-state index is 0.327. The van der Waals surface area contributed by atoms with Crippen molar-refractivity contribution in [2.75, 3.05) is 13.7 Å². The Morgan fingerprint density at radius 3 is 2.79 bits per heavy atom. The molecule has 0 bridgehead atoms. The summed E-state index contributed by atoms with van der Waals surface area (Å²) in [5.74, 6) is 2.19. The third-order valence-corrected chi connectivity index (χ3v) is 7.68. The molecular weight excluding hydrogens is 392 g/mol. The van der Waals surface area contributed by atoms with E-state index in [4.69, 9.17) is 21.3 Å². The lowest BCUT2D eigenvalue weighted by Crippen LogP contribution is -2.17. The first-order chi connectivity index (χ1) is 13.5. The Morgan fingerprint density at radius 2 is 2.07 bits per heavy atom. The smallest absolute Gasteiger partial charge is 0.166 e. The molecule has 7 heteroatoms. The van der Waals surface area contributed by atoms with Crippen LogP contribution in [0.2, 0.25) is 0 Å². The van der Waals surface area contributed by atoms with E-state index >= 15 is 0 Å². The number of allylic oxidation sites excluding steroid dienone is 4. The van der Waals surface area contributed by atoms with Gasteiger partial charge in [0.2, 0.25) is 0 Å². The van der Waals surface area contributed by atoms with E-state index in [-0.39, 0.29) is 5.54 Å². The van der Waals surface area contributed by atoms with Crippen LogP contribution in [0.15, 0.2) is 27.7 Å². The molecule has 0 unspecified atom stereocenters. The topological polar surface area (TPSA) is 52.3 Å². The van der Waals surface area contributed by atoms with Gasteiger partial charge in [0.25, 0.3) is 0 Å². The molecule has 3 aliphatic rings. The van der Waals surface area contributed by atoms with Crippen molar-refractivity contribution in [1.82, 2.24) is 14.8 Å². The fourth-order valence-corrected chi connectivity index (χ4v) is 5.77. The van der Waals surface area contributed by atoms with Gasteiger partial charge < -0.3 is 4.74 Å². The third kappa shape index (κ3) is 2.51.